The number of nitrogens with two attached hydrogens (primary N) is 2. The average Bonchev–Trinajstić information content (AvgIpc) is 3.13. The number of nitriles is 1. The molecule has 0 unspecified atom stereocenters. The van der Waals surface area contributed by atoms with Gasteiger partial charge in [0.05, 0.1) is 5.69 Å². The molecule has 2 aromatic heterocycles. The summed E-state index contributed by atoms with van der Waals surface area (Å²) < 4.78 is 0. The molecule has 0 aliphatic carbocycles. The third kappa shape index (κ3) is 4.23. The number of hydrogen-bond acceptors (Lipinski definition) is 6. The Morgan fingerprint density at radius 2 is 1.88 bits per heavy atom. The highest BCUT2D eigenvalue weighted by Crippen LogP contribution is 2.42. The first kappa shape index (κ1) is 22.6. The molecular formula is C25H22ClN5OS. The number of nitrogens with zero attached hydrogens (tertiary/aromatic N) is 2. The van der Waals surface area contributed by atoms with Gasteiger partial charge in [0.25, 0.3) is 5.91 Å². The first-order chi connectivity index (χ1) is 15.8. The van der Waals surface area contributed by atoms with Crippen molar-refractivity contribution in [2.75, 3.05) is 11.5 Å². The van der Waals surface area contributed by atoms with E-state index in [4.69, 9.17) is 23.1 Å². The van der Waals surface area contributed by atoms with Crippen LogP contribution in [-0.4, -0.2) is 10.9 Å². The van der Waals surface area contributed by atoms with Gasteiger partial charge in [-0.25, -0.2) is 4.98 Å². The quantitative estimate of drug-likeness (QED) is 0.342. The Kier molecular flexibility index (Phi) is 6.23. The number of pyridine rings is 1. The minimum Gasteiger partial charge on any atom is -0.397 e. The molecule has 0 fully saturated rings. The number of rotatable bonds is 5. The van der Waals surface area contributed by atoms with Gasteiger partial charge in [0, 0.05) is 22.5 Å². The van der Waals surface area contributed by atoms with Crippen LogP contribution in [0.1, 0.15) is 46.1 Å². The number of aromatic nitrogens is 1. The van der Waals surface area contributed by atoms with Crippen molar-refractivity contribution in [3.8, 4) is 17.2 Å². The number of nitrogen functional groups attached to an aromatic ring is 2. The molecule has 0 bridgehead atoms. The number of hydrogen-bond donors (Lipinski definition) is 3. The van der Waals surface area contributed by atoms with Gasteiger partial charge in [-0.1, -0.05) is 67.9 Å². The first-order valence-electron chi connectivity index (χ1n) is 10.3. The van der Waals surface area contributed by atoms with Gasteiger partial charge >= 0.3 is 0 Å². The lowest BCUT2D eigenvalue weighted by atomic mass is 9.94. The van der Waals surface area contributed by atoms with Crippen LogP contribution in [0.15, 0.2) is 48.5 Å². The van der Waals surface area contributed by atoms with Crippen molar-refractivity contribution in [3.63, 3.8) is 0 Å². The number of anilines is 2. The van der Waals surface area contributed by atoms with Crippen molar-refractivity contribution in [3.05, 3.63) is 75.1 Å². The zero-order chi connectivity index (χ0) is 23.7. The van der Waals surface area contributed by atoms with Gasteiger partial charge in [-0.2, -0.15) is 5.26 Å². The van der Waals surface area contributed by atoms with Gasteiger partial charge in [0.1, 0.15) is 27.2 Å². The van der Waals surface area contributed by atoms with Crippen LogP contribution in [0.25, 0.3) is 21.3 Å². The van der Waals surface area contributed by atoms with Gasteiger partial charge < -0.3 is 16.8 Å². The number of thiophene rings is 1. The van der Waals surface area contributed by atoms with Gasteiger partial charge in [0.2, 0.25) is 0 Å². The largest absolute Gasteiger partial charge is 0.397 e. The summed E-state index contributed by atoms with van der Waals surface area (Å²) in [5.41, 5.74) is 16.5. The van der Waals surface area contributed by atoms with Gasteiger partial charge in [-0.05, 0) is 28.7 Å². The van der Waals surface area contributed by atoms with Gasteiger partial charge in [-0.15, -0.1) is 11.3 Å². The lowest BCUT2D eigenvalue weighted by Crippen LogP contribution is -2.22. The van der Waals surface area contributed by atoms with Gasteiger partial charge in [0.15, 0.2) is 0 Å². The van der Waals surface area contributed by atoms with E-state index in [0.29, 0.717) is 31.6 Å². The molecule has 5 N–H and O–H groups in total. The molecule has 2 aromatic carbocycles. The van der Waals surface area contributed by atoms with Crippen molar-refractivity contribution >= 4 is 50.6 Å². The number of amides is 1. The highest BCUT2D eigenvalue weighted by Gasteiger charge is 2.24. The summed E-state index contributed by atoms with van der Waals surface area (Å²) in [6.45, 7) is 4.49. The third-order valence-electron chi connectivity index (χ3n) is 5.49. The molecule has 4 aromatic rings. The number of carbonyl (C=O) groups is 1. The molecule has 0 atom stereocenters. The lowest BCUT2D eigenvalue weighted by molar-refractivity contribution is 0.0956. The van der Waals surface area contributed by atoms with E-state index in [-0.39, 0.29) is 29.5 Å². The number of benzene rings is 2. The fourth-order valence-electron chi connectivity index (χ4n) is 3.67. The summed E-state index contributed by atoms with van der Waals surface area (Å²) in [6, 6.07) is 17.4. The van der Waals surface area contributed by atoms with E-state index in [0.717, 1.165) is 22.5 Å². The second-order valence-corrected chi connectivity index (χ2v) is 9.34. The third-order valence-corrected chi connectivity index (χ3v) is 6.95. The SMILES string of the molecule is CC(C)c1ccc(-c2c(C#N)c(N)nc3sc(C(=O)NCc4ccccc4Cl)c(N)c23)cc1. The summed E-state index contributed by atoms with van der Waals surface area (Å²) in [7, 11) is 0. The molecule has 6 nitrogen and oxygen atoms in total. The van der Waals surface area contributed by atoms with E-state index in [2.05, 4.69) is 30.2 Å². The Hall–Kier alpha value is -3.60. The highest BCUT2D eigenvalue weighted by molar-refractivity contribution is 7.21. The molecule has 4 rings (SSSR count). The average molecular weight is 476 g/mol. The van der Waals surface area contributed by atoms with Crippen molar-refractivity contribution < 1.29 is 4.79 Å². The molecule has 0 spiro atoms. The Morgan fingerprint density at radius 1 is 1.18 bits per heavy atom. The molecule has 166 valence electrons. The monoisotopic (exact) mass is 475 g/mol. The zero-order valence-electron chi connectivity index (χ0n) is 18.1. The number of fused-ring (bicyclic) bond motifs is 1. The maximum Gasteiger partial charge on any atom is 0.263 e. The van der Waals surface area contributed by atoms with Crippen molar-refractivity contribution in [1.82, 2.24) is 10.3 Å². The predicted octanol–water partition coefficient (Wildman–Crippen LogP) is 5.71. The van der Waals surface area contributed by atoms with Crippen LogP contribution in [0, 0.1) is 11.3 Å². The van der Waals surface area contributed by atoms with E-state index in [1.54, 1.807) is 6.07 Å². The van der Waals surface area contributed by atoms with E-state index in [9.17, 15) is 10.1 Å². The summed E-state index contributed by atoms with van der Waals surface area (Å²) in [5, 5.41) is 13.8. The van der Waals surface area contributed by atoms with Crippen LogP contribution < -0.4 is 16.8 Å². The van der Waals surface area contributed by atoms with E-state index >= 15 is 0 Å². The second kappa shape index (κ2) is 9.10. The van der Waals surface area contributed by atoms with Crippen molar-refractivity contribution in [1.29, 1.82) is 5.26 Å². The summed E-state index contributed by atoms with van der Waals surface area (Å²) in [4.78, 5) is 18.2. The van der Waals surface area contributed by atoms with E-state index in [1.165, 1.54) is 5.56 Å². The maximum absolute atomic E-state index is 13.0. The fraction of sp³-hybridized carbons (Fsp3) is 0.160. The van der Waals surface area contributed by atoms with Crippen molar-refractivity contribution in [2.45, 2.75) is 26.3 Å². The maximum atomic E-state index is 13.0. The Balaban J connectivity index is 1.79. The fourth-order valence-corrected chi connectivity index (χ4v) is 4.90. The van der Waals surface area contributed by atoms with Crippen LogP contribution in [-0.2, 0) is 6.54 Å². The van der Waals surface area contributed by atoms with Crippen molar-refractivity contribution in [2.24, 2.45) is 0 Å². The highest BCUT2D eigenvalue weighted by atomic mass is 35.5. The van der Waals surface area contributed by atoms with Crippen LogP contribution in [0.2, 0.25) is 5.02 Å². The lowest BCUT2D eigenvalue weighted by Gasteiger charge is -2.11. The number of halogens is 1. The van der Waals surface area contributed by atoms with Crippen LogP contribution in [0.3, 0.4) is 0 Å². The summed E-state index contributed by atoms with van der Waals surface area (Å²) in [5.74, 6) is 0.141. The molecule has 1 amide bonds. The minimum absolute atomic E-state index is 0.109. The van der Waals surface area contributed by atoms with Gasteiger partial charge in [-0.3, -0.25) is 4.79 Å². The molecule has 33 heavy (non-hydrogen) atoms. The normalized spacial score (nSPS) is 11.0. The number of carbonyl (C=O) groups excluding carboxylic acids is 1. The molecule has 0 saturated carbocycles. The van der Waals surface area contributed by atoms with Crippen LogP contribution in [0.5, 0.6) is 0 Å². The Bertz CT molecular complexity index is 1400. The molecular weight excluding hydrogens is 454 g/mol. The molecule has 8 heteroatoms. The number of nitrogens with one attached hydrogen (secondary N) is 1. The Labute approximate surface area is 200 Å². The smallest absolute Gasteiger partial charge is 0.263 e. The Morgan fingerprint density at radius 3 is 2.52 bits per heavy atom. The molecule has 0 radical (unpaired) electrons. The standard InChI is InChI=1S/C25H22ClN5OS/c1-13(2)14-7-9-15(10-8-14)19-17(11-27)23(29)31-25-20(19)21(28)22(33-25)24(32)30-12-16-5-3-4-6-18(16)26/h3-10,13H,12,28H2,1-2H3,(H2,29,31)(H,30,32). The molecule has 0 aliphatic rings. The van der Waals surface area contributed by atoms with E-state index in [1.807, 2.05) is 42.5 Å². The summed E-state index contributed by atoms with van der Waals surface area (Å²) in [6.07, 6.45) is 0. The summed E-state index contributed by atoms with van der Waals surface area (Å²) >= 11 is 7.34. The van der Waals surface area contributed by atoms with Crippen LogP contribution >= 0.6 is 22.9 Å². The second-order valence-electron chi connectivity index (χ2n) is 7.93. The first-order valence-corrected chi connectivity index (χ1v) is 11.5. The molecule has 0 saturated heterocycles. The minimum atomic E-state index is -0.339. The van der Waals surface area contributed by atoms with E-state index < -0.39 is 0 Å². The predicted molar refractivity (Wildman–Crippen MR) is 135 cm³/mol. The zero-order valence-corrected chi connectivity index (χ0v) is 19.7. The molecule has 0 aliphatic heterocycles. The topological polar surface area (TPSA) is 118 Å². The molecule has 2 heterocycles. The van der Waals surface area contributed by atoms with Crippen LogP contribution in [0.4, 0.5) is 11.5 Å².